The zero-order valence-electron chi connectivity index (χ0n) is 13.1. The van der Waals surface area contributed by atoms with E-state index >= 15 is 0 Å². The van der Waals surface area contributed by atoms with Crippen LogP contribution in [0.2, 0.25) is 0 Å². The van der Waals surface area contributed by atoms with E-state index in [0.29, 0.717) is 11.5 Å². The van der Waals surface area contributed by atoms with E-state index in [1.165, 1.54) is 18.4 Å². The molecular formula is C19H23NO2. The monoisotopic (exact) mass is 297 g/mol. The summed E-state index contributed by atoms with van der Waals surface area (Å²) in [5, 5.41) is 10.4. The van der Waals surface area contributed by atoms with Gasteiger partial charge in [-0.25, -0.2) is 4.79 Å². The second-order valence-corrected chi connectivity index (χ2v) is 6.34. The van der Waals surface area contributed by atoms with E-state index in [9.17, 15) is 9.90 Å². The Morgan fingerprint density at radius 3 is 2.73 bits per heavy atom. The van der Waals surface area contributed by atoms with Crippen molar-refractivity contribution in [1.82, 2.24) is 4.98 Å². The van der Waals surface area contributed by atoms with E-state index in [-0.39, 0.29) is 0 Å². The van der Waals surface area contributed by atoms with Gasteiger partial charge in [-0.1, -0.05) is 32.3 Å². The van der Waals surface area contributed by atoms with Crippen LogP contribution >= 0.6 is 0 Å². The molecule has 0 saturated heterocycles. The van der Waals surface area contributed by atoms with E-state index in [1.54, 1.807) is 0 Å². The van der Waals surface area contributed by atoms with Crippen LogP contribution in [0.5, 0.6) is 0 Å². The van der Waals surface area contributed by atoms with E-state index in [0.717, 1.165) is 48.7 Å². The van der Waals surface area contributed by atoms with Crippen molar-refractivity contribution < 1.29 is 9.90 Å². The number of carbonyl (C=O) groups is 1. The third-order valence-electron chi connectivity index (χ3n) is 4.72. The molecule has 1 fully saturated rings. The summed E-state index contributed by atoms with van der Waals surface area (Å²) < 4.78 is 0. The van der Waals surface area contributed by atoms with Gasteiger partial charge in [0.15, 0.2) is 0 Å². The molecule has 1 aliphatic carbocycles. The van der Waals surface area contributed by atoms with Gasteiger partial charge in [0.25, 0.3) is 0 Å². The van der Waals surface area contributed by atoms with Crippen LogP contribution in [0.4, 0.5) is 0 Å². The number of rotatable bonds is 5. The maximum Gasteiger partial charge on any atom is 0.336 e. The maximum atomic E-state index is 11.7. The number of hydrogen-bond acceptors (Lipinski definition) is 2. The van der Waals surface area contributed by atoms with Crippen molar-refractivity contribution in [3.63, 3.8) is 0 Å². The average molecular weight is 297 g/mol. The van der Waals surface area contributed by atoms with Gasteiger partial charge in [0.05, 0.1) is 11.1 Å². The molecule has 3 heteroatoms. The number of hydrogen-bond donors (Lipinski definition) is 1. The number of nitrogens with zero attached hydrogens (tertiary/aromatic N) is 1. The highest BCUT2D eigenvalue weighted by Gasteiger charge is 2.21. The second-order valence-electron chi connectivity index (χ2n) is 6.34. The molecule has 2 aromatic rings. The van der Waals surface area contributed by atoms with Crippen LogP contribution in [0.15, 0.2) is 24.3 Å². The molecule has 0 bridgehead atoms. The molecule has 1 aromatic carbocycles. The fourth-order valence-corrected chi connectivity index (χ4v) is 3.44. The lowest BCUT2D eigenvalue weighted by atomic mass is 9.97. The minimum absolute atomic E-state index is 0.408. The topological polar surface area (TPSA) is 50.2 Å². The number of carboxylic acids is 1. The van der Waals surface area contributed by atoms with Crippen LogP contribution in [0.25, 0.3) is 10.9 Å². The zero-order valence-corrected chi connectivity index (χ0v) is 13.1. The Morgan fingerprint density at radius 1 is 1.27 bits per heavy atom. The summed E-state index contributed by atoms with van der Waals surface area (Å²) in [7, 11) is 0. The highest BCUT2D eigenvalue weighted by atomic mass is 16.4. The highest BCUT2D eigenvalue weighted by molar-refractivity contribution is 6.02. The minimum Gasteiger partial charge on any atom is -0.478 e. The number of pyridine rings is 1. The van der Waals surface area contributed by atoms with Crippen molar-refractivity contribution in [2.75, 3.05) is 0 Å². The van der Waals surface area contributed by atoms with E-state index in [2.05, 4.69) is 13.0 Å². The molecule has 0 unspecified atom stereocenters. The first-order valence-corrected chi connectivity index (χ1v) is 8.36. The van der Waals surface area contributed by atoms with Crippen LogP contribution in [-0.4, -0.2) is 16.1 Å². The van der Waals surface area contributed by atoms with Gasteiger partial charge >= 0.3 is 5.97 Å². The molecule has 1 aromatic heterocycles. The number of aryl methyl sites for hydroxylation is 1. The molecule has 0 radical (unpaired) electrons. The summed E-state index contributed by atoms with van der Waals surface area (Å²) in [6, 6.07) is 7.91. The fraction of sp³-hybridized carbons (Fsp3) is 0.474. The van der Waals surface area contributed by atoms with Crippen molar-refractivity contribution in [2.24, 2.45) is 0 Å². The summed E-state index contributed by atoms with van der Waals surface area (Å²) >= 11 is 0. The predicted molar refractivity (Wildman–Crippen MR) is 88.5 cm³/mol. The third kappa shape index (κ3) is 2.99. The Morgan fingerprint density at radius 2 is 2.05 bits per heavy atom. The Hall–Kier alpha value is -1.90. The van der Waals surface area contributed by atoms with E-state index < -0.39 is 5.97 Å². The lowest BCUT2D eigenvalue weighted by Crippen LogP contribution is -2.05. The molecule has 0 amide bonds. The van der Waals surface area contributed by atoms with Crippen molar-refractivity contribution in [3.8, 4) is 0 Å². The van der Waals surface area contributed by atoms with Gasteiger partial charge in [-0.2, -0.15) is 0 Å². The average Bonchev–Trinajstić information content (AvgIpc) is 3.06. The standard InChI is InChI=1S/C19H23NO2/c1-2-3-6-13-9-10-17-15(11-13)16(19(21)22)12-18(20-17)14-7-4-5-8-14/h9-12,14H,2-8H2,1H3,(H,21,22). The summed E-state index contributed by atoms with van der Waals surface area (Å²) in [6.45, 7) is 2.17. The molecule has 1 saturated carbocycles. The number of aromatic nitrogens is 1. The Kier molecular flexibility index (Phi) is 4.41. The summed E-state index contributed by atoms with van der Waals surface area (Å²) in [5.74, 6) is -0.415. The van der Waals surface area contributed by atoms with Crippen molar-refractivity contribution in [1.29, 1.82) is 0 Å². The maximum absolute atomic E-state index is 11.7. The van der Waals surface area contributed by atoms with Gasteiger partial charge < -0.3 is 5.11 Å². The quantitative estimate of drug-likeness (QED) is 0.851. The number of benzene rings is 1. The molecule has 0 aliphatic heterocycles. The highest BCUT2D eigenvalue weighted by Crippen LogP contribution is 2.35. The first kappa shape index (κ1) is 15.0. The zero-order chi connectivity index (χ0) is 15.5. The molecule has 1 N–H and O–H groups in total. The number of unbranched alkanes of at least 4 members (excludes halogenated alkanes) is 1. The number of fused-ring (bicyclic) bond motifs is 1. The molecular weight excluding hydrogens is 274 g/mol. The van der Waals surface area contributed by atoms with Crippen molar-refractivity contribution >= 4 is 16.9 Å². The van der Waals surface area contributed by atoms with Gasteiger partial charge in [-0.3, -0.25) is 4.98 Å². The van der Waals surface area contributed by atoms with Crippen molar-refractivity contribution in [3.05, 3.63) is 41.1 Å². The summed E-state index contributed by atoms with van der Waals surface area (Å²) in [5.41, 5.74) is 3.39. The fourth-order valence-electron chi connectivity index (χ4n) is 3.44. The first-order valence-electron chi connectivity index (χ1n) is 8.36. The Balaban J connectivity index is 2.06. The second kappa shape index (κ2) is 6.47. The number of aromatic carboxylic acids is 1. The minimum atomic E-state index is -0.848. The van der Waals surface area contributed by atoms with Crippen LogP contribution in [0.3, 0.4) is 0 Å². The molecule has 3 rings (SSSR count). The van der Waals surface area contributed by atoms with Gasteiger partial charge in [0.1, 0.15) is 0 Å². The van der Waals surface area contributed by atoms with Gasteiger partial charge in [-0.15, -0.1) is 0 Å². The van der Waals surface area contributed by atoms with Gasteiger partial charge in [0, 0.05) is 17.0 Å². The molecule has 1 heterocycles. The van der Waals surface area contributed by atoms with Crippen molar-refractivity contribution in [2.45, 2.75) is 57.8 Å². The predicted octanol–water partition coefficient (Wildman–Crippen LogP) is 4.93. The number of carboxylic acid groups (broad SMARTS) is 1. The largest absolute Gasteiger partial charge is 0.478 e. The smallest absolute Gasteiger partial charge is 0.336 e. The Labute approximate surface area is 131 Å². The third-order valence-corrected chi connectivity index (χ3v) is 4.72. The van der Waals surface area contributed by atoms with Crippen LogP contribution in [0.1, 0.15) is 73.0 Å². The molecule has 0 spiro atoms. The summed E-state index contributed by atoms with van der Waals surface area (Å²) in [6.07, 6.45) is 7.98. The lowest BCUT2D eigenvalue weighted by Gasteiger charge is -2.12. The van der Waals surface area contributed by atoms with Crippen LogP contribution in [0, 0.1) is 0 Å². The molecule has 3 nitrogen and oxygen atoms in total. The Bertz CT molecular complexity index is 687. The lowest BCUT2D eigenvalue weighted by molar-refractivity contribution is 0.0699. The molecule has 1 aliphatic rings. The molecule has 116 valence electrons. The molecule has 22 heavy (non-hydrogen) atoms. The van der Waals surface area contributed by atoms with Gasteiger partial charge in [0.2, 0.25) is 0 Å². The molecule has 0 atom stereocenters. The van der Waals surface area contributed by atoms with Crippen LogP contribution in [-0.2, 0) is 6.42 Å². The first-order chi connectivity index (χ1) is 10.7. The van der Waals surface area contributed by atoms with E-state index in [1.807, 2.05) is 18.2 Å². The SMILES string of the molecule is CCCCc1ccc2nc(C3CCCC3)cc(C(=O)O)c2c1. The normalized spacial score (nSPS) is 15.5. The van der Waals surface area contributed by atoms with E-state index in [4.69, 9.17) is 4.98 Å². The van der Waals surface area contributed by atoms with Gasteiger partial charge in [-0.05, 0) is 49.4 Å². The summed E-state index contributed by atoms with van der Waals surface area (Å²) in [4.78, 5) is 16.4. The van der Waals surface area contributed by atoms with Crippen LogP contribution < -0.4 is 0 Å².